The van der Waals surface area contributed by atoms with E-state index in [1.165, 1.54) is 0 Å². The van der Waals surface area contributed by atoms with Gasteiger partial charge in [0.15, 0.2) is 0 Å². The van der Waals surface area contributed by atoms with Crippen molar-refractivity contribution in [3.8, 4) is 0 Å². The maximum absolute atomic E-state index is 12.7. The molecule has 5 nitrogen and oxygen atoms in total. The number of ether oxygens (including phenoxy) is 1. The smallest absolute Gasteiger partial charge is 0.243 e. The summed E-state index contributed by atoms with van der Waals surface area (Å²) in [6.45, 7) is 4.97. The molecule has 126 valence electrons. The molecule has 0 aliphatic carbocycles. The molecule has 5 heteroatoms. The first kappa shape index (κ1) is 17.5. The van der Waals surface area contributed by atoms with E-state index in [-0.39, 0.29) is 18.2 Å². The number of nitrogens with one attached hydrogen (secondary N) is 1. The first-order valence-electron chi connectivity index (χ1n) is 8.09. The second-order valence-electron chi connectivity index (χ2n) is 6.58. The van der Waals surface area contributed by atoms with Gasteiger partial charge >= 0.3 is 0 Å². The Labute approximate surface area is 138 Å². The lowest BCUT2D eigenvalue weighted by Crippen LogP contribution is -2.50. The lowest BCUT2D eigenvalue weighted by Gasteiger charge is -2.32. The summed E-state index contributed by atoms with van der Waals surface area (Å²) in [5.41, 5.74) is 0.523. The highest BCUT2D eigenvalue weighted by Gasteiger charge is 2.34. The van der Waals surface area contributed by atoms with E-state index in [1.807, 2.05) is 44.2 Å². The van der Waals surface area contributed by atoms with Gasteiger partial charge in [0.2, 0.25) is 11.8 Å². The summed E-state index contributed by atoms with van der Waals surface area (Å²) in [4.78, 5) is 26.9. The van der Waals surface area contributed by atoms with E-state index in [4.69, 9.17) is 4.74 Å². The van der Waals surface area contributed by atoms with E-state index in [0.29, 0.717) is 19.5 Å². The van der Waals surface area contributed by atoms with Gasteiger partial charge in [-0.15, -0.1) is 0 Å². The fraction of sp³-hybridized carbons (Fsp3) is 0.556. The van der Waals surface area contributed by atoms with Gasteiger partial charge in [0.1, 0.15) is 6.04 Å². The van der Waals surface area contributed by atoms with Gasteiger partial charge in [0.25, 0.3) is 0 Å². The zero-order valence-corrected chi connectivity index (χ0v) is 14.2. The molecule has 1 aromatic carbocycles. The third-order valence-corrected chi connectivity index (χ3v) is 4.28. The number of carbonyl (C=O) groups excluding carboxylic acids is 2. The third-order valence-electron chi connectivity index (χ3n) is 4.28. The van der Waals surface area contributed by atoms with Crippen LogP contribution in [-0.4, -0.2) is 48.6 Å². The Balaban J connectivity index is 2.18. The predicted molar refractivity (Wildman–Crippen MR) is 89.0 cm³/mol. The van der Waals surface area contributed by atoms with Crippen LogP contribution in [0.3, 0.4) is 0 Å². The minimum atomic E-state index is -0.531. The van der Waals surface area contributed by atoms with E-state index < -0.39 is 11.6 Å². The highest BCUT2D eigenvalue weighted by molar-refractivity contribution is 5.88. The standard InChI is InChI=1S/C18H26N2O3/c1-18(2,23-3)13-16(21)20-11-7-10-19-17(22)15(20)12-14-8-5-4-6-9-14/h4-6,8-9,15H,7,10-13H2,1-3H3,(H,19,22). The van der Waals surface area contributed by atoms with Gasteiger partial charge in [0, 0.05) is 26.6 Å². The van der Waals surface area contributed by atoms with Gasteiger partial charge in [-0.2, -0.15) is 0 Å². The van der Waals surface area contributed by atoms with Crippen molar-refractivity contribution in [2.24, 2.45) is 0 Å². The van der Waals surface area contributed by atoms with Crippen LogP contribution in [-0.2, 0) is 20.7 Å². The van der Waals surface area contributed by atoms with Crippen molar-refractivity contribution in [1.29, 1.82) is 0 Å². The molecule has 1 aliphatic heterocycles. The molecule has 0 radical (unpaired) electrons. The van der Waals surface area contributed by atoms with Crippen LogP contribution in [0.15, 0.2) is 30.3 Å². The zero-order chi connectivity index (χ0) is 16.9. The van der Waals surface area contributed by atoms with Crippen LogP contribution < -0.4 is 5.32 Å². The molecule has 1 N–H and O–H groups in total. The van der Waals surface area contributed by atoms with E-state index in [1.54, 1.807) is 12.0 Å². The molecule has 1 atom stereocenters. The van der Waals surface area contributed by atoms with E-state index in [9.17, 15) is 9.59 Å². The summed E-state index contributed by atoms with van der Waals surface area (Å²) >= 11 is 0. The zero-order valence-electron chi connectivity index (χ0n) is 14.2. The van der Waals surface area contributed by atoms with Crippen molar-refractivity contribution >= 4 is 11.8 Å². The first-order chi connectivity index (χ1) is 10.9. The van der Waals surface area contributed by atoms with Crippen molar-refractivity contribution in [2.45, 2.75) is 44.8 Å². The number of hydrogen-bond acceptors (Lipinski definition) is 3. The topological polar surface area (TPSA) is 58.6 Å². The Bertz CT molecular complexity index is 542. The molecule has 23 heavy (non-hydrogen) atoms. The van der Waals surface area contributed by atoms with E-state index in [2.05, 4.69) is 5.32 Å². The highest BCUT2D eigenvalue weighted by atomic mass is 16.5. The molecular weight excluding hydrogens is 292 g/mol. The third kappa shape index (κ3) is 4.79. The summed E-state index contributed by atoms with van der Waals surface area (Å²) in [6, 6.07) is 9.36. The molecule has 2 rings (SSSR count). The Hall–Kier alpha value is -1.88. The molecule has 2 amide bonds. The molecule has 1 aromatic rings. The SMILES string of the molecule is COC(C)(C)CC(=O)N1CCCNC(=O)C1Cc1ccccc1. The van der Waals surface area contributed by atoms with E-state index >= 15 is 0 Å². The van der Waals surface area contributed by atoms with Crippen molar-refractivity contribution < 1.29 is 14.3 Å². The van der Waals surface area contributed by atoms with Crippen molar-refractivity contribution in [1.82, 2.24) is 10.2 Å². The number of benzene rings is 1. The fourth-order valence-electron chi connectivity index (χ4n) is 2.75. The number of amides is 2. The number of methoxy groups -OCH3 is 1. The second kappa shape index (κ2) is 7.59. The quantitative estimate of drug-likeness (QED) is 0.900. The Morgan fingerprint density at radius 2 is 2.04 bits per heavy atom. The normalized spacial score (nSPS) is 19.2. The van der Waals surface area contributed by atoms with Crippen LogP contribution in [0.25, 0.3) is 0 Å². The largest absolute Gasteiger partial charge is 0.378 e. The predicted octanol–water partition coefficient (Wildman–Crippen LogP) is 1.76. The van der Waals surface area contributed by atoms with Crippen molar-refractivity contribution in [3.63, 3.8) is 0 Å². The fourth-order valence-corrected chi connectivity index (χ4v) is 2.75. The molecule has 1 aliphatic rings. The summed E-state index contributed by atoms with van der Waals surface area (Å²) < 4.78 is 5.36. The average Bonchev–Trinajstić information content (AvgIpc) is 2.70. The summed E-state index contributed by atoms with van der Waals surface area (Å²) in [6.07, 6.45) is 1.57. The minimum absolute atomic E-state index is 0.0326. The lowest BCUT2D eigenvalue weighted by molar-refractivity contribution is -0.143. The molecule has 0 saturated carbocycles. The first-order valence-corrected chi connectivity index (χ1v) is 8.09. The molecule has 0 spiro atoms. The van der Waals surface area contributed by atoms with Gasteiger partial charge in [0.05, 0.1) is 12.0 Å². The summed E-state index contributed by atoms with van der Waals surface area (Å²) in [5, 5.41) is 2.91. The monoisotopic (exact) mass is 318 g/mol. The lowest BCUT2D eigenvalue weighted by atomic mass is 10.0. The highest BCUT2D eigenvalue weighted by Crippen LogP contribution is 2.19. The minimum Gasteiger partial charge on any atom is -0.378 e. The van der Waals surface area contributed by atoms with Crippen LogP contribution in [0.2, 0.25) is 0 Å². The Morgan fingerprint density at radius 1 is 1.35 bits per heavy atom. The summed E-state index contributed by atoms with van der Waals surface area (Å²) in [7, 11) is 1.60. The van der Waals surface area contributed by atoms with Crippen LogP contribution in [0.5, 0.6) is 0 Å². The Morgan fingerprint density at radius 3 is 2.70 bits per heavy atom. The maximum atomic E-state index is 12.7. The van der Waals surface area contributed by atoms with Gasteiger partial charge < -0.3 is 15.0 Å². The molecule has 1 heterocycles. The van der Waals surface area contributed by atoms with Gasteiger partial charge in [-0.05, 0) is 25.8 Å². The van der Waals surface area contributed by atoms with Gasteiger partial charge in [-0.1, -0.05) is 30.3 Å². The molecule has 1 fully saturated rings. The molecular formula is C18H26N2O3. The molecule has 1 saturated heterocycles. The van der Waals surface area contributed by atoms with Crippen LogP contribution in [0.1, 0.15) is 32.3 Å². The van der Waals surface area contributed by atoms with Crippen molar-refractivity contribution in [3.05, 3.63) is 35.9 Å². The van der Waals surface area contributed by atoms with E-state index in [0.717, 1.165) is 12.0 Å². The van der Waals surface area contributed by atoms with Crippen LogP contribution in [0.4, 0.5) is 0 Å². The second-order valence-corrected chi connectivity index (χ2v) is 6.58. The number of nitrogens with zero attached hydrogens (tertiary/aromatic N) is 1. The average molecular weight is 318 g/mol. The van der Waals surface area contributed by atoms with Gasteiger partial charge in [-0.25, -0.2) is 0 Å². The number of hydrogen-bond donors (Lipinski definition) is 1. The number of rotatable bonds is 5. The van der Waals surface area contributed by atoms with Crippen molar-refractivity contribution in [2.75, 3.05) is 20.2 Å². The van der Waals surface area contributed by atoms with Crippen LogP contribution >= 0.6 is 0 Å². The number of carbonyl (C=O) groups is 2. The Kier molecular flexibility index (Phi) is 5.77. The maximum Gasteiger partial charge on any atom is 0.243 e. The molecule has 1 unspecified atom stereocenters. The molecule has 0 bridgehead atoms. The van der Waals surface area contributed by atoms with Crippen LogP contribution in [0, 0.1) is 0 Å². The molecule has 0 aromatic heterocycles. The van der Waals surface area contributed by atoms with Gasteiger partial charge in [-0.3, -0.25) is 9.59 Å². The summed E-state index contributed by atoms with van der Waals surface area (Å²) in [5.74, 6) is -0.107.